The van der Waals surface area contributed by atoms with Crippen LogP contribution in [-0.4, -0.2) is 12.4 Å². The van der Waals surface area contributed by atoms with Crippen molar-refractivity contribution in [3.63, 3.8) is 0 Å². The van der Waals surface area contributed by atoms with E-state index in [1.807, 2.05) is 13.0 Å². The lowest BCUT2D eigenvalue weighted by molar-refractivity contribution is -0.118. The Morgan fingerprint density at radius 1 is 1.53 bits per heavy atom. The quantitative estimate of drug-likeness (QED) is 0.712. The molecule has 3 nitrogen and oxygen atoms in total. The largest absolute Gasteiger partial charge is 0.491 e. The first-order chi connectivity index (χ1) is 8.17. The zero-order chi connectivity index (χ0) is 12.7. The molecule has 0 aliphatic rings. The summed E-state index contributed by atoms with van der Waals surface area (Å²) in [6.45, 7) is 2.11. The molecule has 0 aliphatic heterocycles. The minimum absolute atomic E-state index is 0.118. The Morgan fingerprint density at radius 3 is 2.88 bits per heavy atom. The highest BCUT2D eigenvalue weighted by Crippen LogP contribution is 2.18. The van der Waals surface area contributed by atoms with Crippen LogP contribution in [0.3, 0.4) is 0 Å². The van der Waals surface area contributed by atoms with E-state index in [0.717, 1.165) is 6.07 Å². The molecule has 0 fully saturated rings. The van der Waals surface area contributed by atoms with Gasteiger partial charge in [0.15, 0.2) is 11.6 Å². The summed E-state index contributed by atoms with van der Waals surface area (Å²) in [6.07, 6.45) is 1.55. The molecule has 1 aromatic carbocycles. The number of rotatable bonds is 6. The first-order valence-corrected chi connectivity index (χ1v) is 5.51. The van der Waals surface area contributed by atoms with E-state index in [1.165, 1.54) is 12.1 Å². The second-order valence-electron chi connectivity index (χ2n) is 3.60. The summed E-state index contributed by atoms with van der Waals surface area (Å²) in [5.41, 5.74) is 0.260. The molecule has 0 aromatic heterocycles. The van der Waals surface area contributed by atoms with Crippen molar-refractivity contribution < 1.29 is 13.9 Å². The number of ketones is 1. The van der Waals surface area contributed by atoms with Gasteiger partial charge in [0, 0.05) is 12.8 Å². The van der Waals surface area contributed by atoms with Gasteiger partial charge in [-0.25, -0.2) is 4.39 Å². The average molecular weight is 235 g/mol. The van der Waals surface area contributed by atoms with Crippen molar-refractivity contribution in [3.8, 4) is 11.8 Å². The van der Waals surface area contributed by atoms with Crippen LogP contribution in [0.4, 0.5) is 4.39 Å². The molecule has 0 radical (unpaired) electrons. The predicted octanol–water partition coefficient (Wildman–Crippen LogP) is 2.84. The zero-order valence-corrected chi connectivity index (χ0v) is 9.70. The number of hydrogen-bond donors (Lipinski definition) is 0. The third-order valence-corrected chi connectivity index (χ3v) is 2.31. The topological polar surface area (TPSA) is 50.1 Å². The number of carbonyl (C=O) groups excluding carboxylic acids is 1. The van der Waals surface area contributed by atoms with Gasteiger partial charge in [-0.3, -0.25) is 4.79 Å². The molecule has 90 valence electrons. The van der Waals surface area contributed by atoms with Crippen LogP contribution in [0.1, 0.15) is 31.7 Å². The lowest BCUT2D eigenvalue weighted by atomic mass is 10.2. The first kappa shape index (κ1) is 13.2. The number of nitriles is 1. The van der Waals surface area contributed by atoms with E-state index in [-0.39, 0.29) is 17.1 Å². The Kier molecular flexibility index (Phi) is 5.15. The van der Waals surface area contributed by atoms with Gasteiger partial charge in [0.2, 0.25) is 0 Å². The maximum atomic E-state index is 13.3. The maximum Gasteiger partial charge on any atom is 0.166 e. The Hall–Kier alpha value is -1.89. The zero-order valence-electron chi connectivity index (χ0n) is 9.70. The summed E-state index contributed by atoms with van der Waals surface area (Å²) < 4.78 is 18.5. The van der Waals surface area contributed by atoms with Crippen molar-refractivity contribution in [2.75, 3.05) is 6.61 Å². The second kappa shape index (κ2) is 6.64. The average Bonchev–Trinajstić information content (AvgIpc) is 2.35. The van der Waals surface area contributed by atoms with E-state index in [2.05, 4.69) is 0 Å². The van der Waals surface area contributed by atoms with Crippen molar-refractivity contribution >= 4 is 5.78 Å². The highest BCUT2D eigenvalue weighted by atomic mass is 19.1. The van der Waals surface area contributed by atoms with E-state index >= 15 is 0 Å². The van der Waals surface area contributed by atoms with Gasteiger partial charge < -0.3 is 4.74 Å². The van der Waals surface area contributed by atoms with Gasteiger partial charge in [0.25, 0.3) is 0 Å². The van der Waals surface area contributed by atoms with Gasteiger partial charge >= 0.3 is 0 Å². The van der Waals surface area contributed by atoms with Crippen molar-refractivity contribution in [1.82, 2.24) is 0 Å². The Labute approximate surface area is 99.8 Å². The molecule has 0 aliphatic carbocycles. The summed E-state index contributed by atoms with van der Waals surface area (Å²) in [6, 6.07) is 5.90. The third-order valence-electron chi connectivity index (χ3n) is 2.31. The van der Waals surface area contributed by atoms with Crippen molar-refractivity contribution in [3.05, 3.63) is 29.6 Å². The minimum atomic E-state index is -0.550. The molecule has 4 heteroatoms. The number of hydrogen-bond acceptors (Lipinski definition) is 3. The van der Waals surface area contributed by atoms with E-state index in [1.54, 1.807) is 0 Å². The maximum absolute atomic E-state index is 13.3. The van der Waals surface area contributed by atoms with Gasteiger partial charge in [0.05, 0.1) is 18.2 Å². The summed E-state index contributed by atoms with van der Waals surface area (Å²) >= 11 is 0. The second-order valence-corrected chi connectivity index (χ2v) is 3.60. The van der Waals surface area contributed by atoms with Gasteiger partial charge in [-0.05, 0) is 24.6 Å². The standard InChI is InChI=1S/C13H14FNO2/c1-2-11(16)4-3-7-17-13-6-5-10(9-15)8-12(13)14/h5-6,8H,2-4,7H2,1H3. The fraction of sp³-hybridized carbons (Fsp3) is 0.385. The fourth-order valence-corrected chi connectivity index (χ4v) is 1.32. The number of Topliss-reactive ketones (excluding diaryl/α,β-unsaturated/α-hetero) is 1. The van der Waals surface area contributed by atoms with Crippen LogP contribution < -0.4 is 4.74 Å². The van der Waals surface area contributed by atoms with Gasteiger partial charge in [-0.1, -0.05) is 6.92 Å². The molecular weight excluding hydrogens is 221 g/mol. The molecule has 17 heavy (non-hydrogen) atoms. The summed E-state index contributed by atoms with van der Waals surface area (Å²) in [4.78, 5) is 11.0. The lowest BCUT2D eigenvalue weighted by Crippen LogP contribution is -2.03. The Balaban J connectivity index is 2.42. The smallest absolute Gasteiger partial charge is 0.166 e. The Bertz CT molecular complexity index is 438. The summed E-state index contributed by atoms with van der Waals surface area (Å²) in [5, 5.41) is 8.56. The molecule has 0 saturated heterocycles. The molecule has 1 aromatic rings. The lowest BCUT2D eigenvalue weighted by Gasteiger charge is -2.06. The fourth-order valence-electron chi connectivity index (χ4n) is 1.32. The van der Waals surface area contributed by atoms with Crippen molar-refractivity contribution in [1.29, 1.82) is 5.26 Å². The van der Waals surface area contributed by atoms with Crippen LogP contribution in [0, 0.1) is 17.1 Å². The number of halogens is 1. The number of carbonyl (C=O) groups is 1. The predicted molar refractivity (Wildman–Crippen MR) is 61.1 cm³/mol. The van der Waals surface area contributed by atoms with E-state index in [0.29, 0.717) is 25.9 Å². The normalized spacial score (nSPS) is 9.71. The SMILES string of the molecule is CCC(=O)CCCOc1ccc(C#N)cc1F. The van der Waals surface area contributed by atoms with Gasteiger partial charge in [-0.15, -0.1) is 0 Å². The molecule has 0 atom stereocenters. The molecule has 0 N–H and O–H groups in total. The van der Waals surface area contributed by atoms with E-state index in [9.17, 15) is 9.18 Å². The molecule has 0 amide bonds. The molecule has 1 rings (SSSR count). The number of nitrogens with zero attached hydrogens (tertiary/aromatic N) is 1. The van der Waals surface area contributed by atoms with Crippen LogP contribution in [-0.2, 0) is 4.79 Å². The summed E-state index contributed by atoms with van der Waals surface area (Å²) in [5.74, 6) is -0.257. The third kappa shape index (κ3) is 4.23. The molecule has 0 unspecified atom stereocenters. The van der Waals surface area contributed by atoms with Crippen LogP contribution in [0.25, 0.3) is 0 Å². The molecule has 0 heterocycles. The highest BCUT2D eigenvalue weighted by Gasteiger charge is 2.05. The van der Waals surface area contributed by atoms with Crippen molar-refractivity contribution in [2.24, 2.45) is 0 Å². The van der Waals surface area contributed by atoms with Crippen LogP contribution in [0.15, 0.2) is 18.2 Å². The Morgan fingerprint density at radius 2 is 2.29 bits per heavy atom. The summed E-state index contributed by atoms with van der Waals surface area (Å²) in [7, 11) is 0. The molecule has 0 spiro atoms. The van der Waals surface area contributed by atoms with Crippen LogP contribution >= 0.6 is 0 Å². The molecule has 0 saturated carbocycles. The minimum Gasteiger partial charge on any atom is -0.491 e. The number of ether oxygens (including phenoxy) is 1. The van der Waals surface area contributed by atoms with Gasteiger partial charge in [-0.2, -0.15) is 5.26 Å². The van der Waals surface area contributed by atoms with E-state index in [4.69, 9.17) is 10.00 Å². The van der Waals surface area contributed by atoms with Gasteiger partial charge in [0.1, 0.15) is 5.78 Å². The molecule has 0 bridgehead atoms. The molecular formula is C13H14FNO2. The number of benzene rings is 1. The first-order valence-electron chi connectivity index (χ1n) is 5.51. The van der Waals surface area contributed by atoms with Crippen molar-refractivity contribution in [2.45, 2.75) is 26.2 Å². The van der Waals surface area contributed by atoms with Crippen LogP contribution in [0.2, 0.25) is 0 Å². The highest BCUT2D eigenvalue weighted by molar-refractivity contribution is 5.77. The van der Waals surface area contributed by atoms with Crippen LogP contribution in [0.5, 0.6) is 5.75 Å². The van der Waals surface area contributed by atoms with E-state index < -0.39 is 5.82 Å². The monoisotopic (exact) mass is 235 g/mol.